The highest BCUT2D eigenvalue weighted by Gasteiger charge is 2.24. The smallest absolute Gasteiger partial charge is 0.265 e. The molecule has 0 aromatic carbocycles. The van der Waals surface area contributed by atoms with Gasteiger partial charge in [-0.25, -0.2) is 9.97 Å². The summed E-state index contributed by atoms with van der Waals surface area (Å²) in [6, 6.07) is 1.72. The molecular formula is C14H17N5O2S. The molecule has 0 spiro atoms. The third-order valence-corrected chi connectivity index (χ3v) is 4.41. The zero-order valence-corrected chi connectivity index (χ0v) is 13.3. The predicted molar refractivity (Wildman–Crippen MR) is 83.6 cm³/mol. The van der Waals surface area contributed by atoms with Crippen molar-refractivity contribution < 1.29 is 9.53 Å². The van der Waals surface area contributed by atoms with Crippen molar-refractivity contribution in [3.8, 4) is 5.88 Å². The Hall–Kier alpha value is -2.22. The van der Waals surface area contributed by atoms with Gasteiger partial charge in [0.15, 0.2) is 0 Å². The number of hydrogen-bond donors (Lipinski definition) is 0. The zero-order chi connectivity index (χ0) is 15.5. The van der Waals surface area contributed by atoms with Gasteiger partial charge in [-0.3, -0.25) is 4.79 Å². The molecule has 3 rings (SSSR count). The molecule has 1 aliphatic rings. The number of piperazine rings is 1. The highest BCUT2D eigenvalue weighted by molar-refractivity contribution is 7.13. The molecule has 0 bridgehead atoms. The number of hydrogen-bond acceptors (Lipinski definition) is 7. The molecule has 22 heavy (non-hydrogen) atoms. The lowest BCUT2D eigenvalue weighted by Gasteiger charge is -2.34. The Morgan fingerprint density at radius 3 is 2.68 bits per heavy atom. The fraction of sp³-hybridized carbons (Fsp3) is 0.429. The number of thiazole rings is 1. The maximum Gasteiger partial charge on any atom is 0.265 e. The zero-order valence-electron chi connectivity index (χ0n) is 12.5. The second-order valence-corrected chi connectivity index (χ2v) is 6.16. The van der Waals surface area contributed by atoms with Crippen molar-refractivity contribution in [3.63, 3.8) is 0 Å². The van der Waals surface area contributed by atoms with Crippen molar-refractivity contribution >= 4 is 23.2 Å². The molecule has 1 aliphatic heterocycles. The Morgan fingerprint density at radius 2 is 2.05 bits per heavy atom. The summed E-state index contributed by atoms with van der Waals surface area (Å²) in [5.74, 6) is 1.24. The number of aromatic nitrogens is 3. The van der Waals surface area contributed by atoms with E-state index in [1.165, 1.54) is 11.3 Å². The fourth-order valence-corrected chi connectivity index (χ4v) is 3.07. The molecule has 7 nitrogen and oxygen atoms in total. The van der Waals surface area contributed by atoms with Gasteiger partial charge in [0.05, 0.1) is 18.3 Å². The summed E-state index contributed by atoms with van der Waals surface area (Å²) in [4.78, 5) is 29.7. The minimum absolute atomic E-state index is 0.0526. The molecule has 0 aliphatic carbocycles. The number of carbonyl (C=O) groups is 1. The standard InChI is InChI=1S/C14H17N5O2S/c1-10-16-9-11(22-10)13(20)18-5-7-19(8-6-18)14-15-4-3-12(17-14)21-2/h3-4,9H,5-8H2,1-2H3. The van der Waals surface area contributed by atoms with Gasteiger partial charge < -0.3 is 14.5 Å². The van der Waals surface area contributed by atoms with Crippen molar-refractivity contribution in [3.05, 3.63) is 28.3 Å². The van der Waals surface area contributed by atoms with Crippen LogP contribution in [0.5, 0.6) is 5.88 Å². The molecule has 0 saturated carbocycles. The molecule has 1 saturated heterocycles. The van der Waals surface area contributed by atoms with Gasteiger partial charge >= 0.3 is 0 Å². The molecule has 8 heteroatoms. The van der Waals surface area contributed by atoms with Crippen LogP contribution in [0.25, 0.3) is 0 Å². The fourth-order valence-electron chi connectivity index (χ4n) is 2.32. The van der Waals surface area contributed by atoms with Crippen LogP contribution in [0.3, 0.4) is 0 Å². The van der Waals surface area contributed by atoms with E-state index in [1.807, 2.05) is 11.8 Å². The first-order chi connectivity index (χ1) is 10.7. The number of rotatable bonds is 3. The normalized spacial score (nSPS) is 15.0. The van der Waals surface area contributed by atoms with Crippen molar-refractivity contribution in [2.75, 3.05) is 38.2 Å². The van der Waals surface area contributed by atoms with E-state index in [1.54, 1.807) is 25.6 Å². The lowest BCUT2D eigenvalue weighted by atomic mass is 10.3. The minimum atomic E-state index is 0.0526. The summed E-state index contributed by atoms with van der Waals surface area (Å²) in [7, 11) is 1.58. The summed E-state index contributed by atoms with van der Waals surface area (Å²) in [6.45, 7) is 4.61. The lowest BCUT2D eigenvalue weighted by molar-refractivity contribution is 0.0751. The van der Waals surface area contributed by atoms with Crippen LogP contribution in [-0.4, -0.2) is 59.0 Å². The summed E-state index contributed by atoms with van der Waals surface area (Å²) >= 11 is 1.43. The quantitative estimate of drug-likeness (QED) is 0.847. The van der Waals surface area contributed by atoms with Gasteiger partial charge in [-0.15, -0.1) is 11.3 Å². The van der Waals surface area contributed by atoms with Gasteiger partial charge in [0.2, 0.25) is 11.8 Å². The van der Waals surface area contributed by atoms with Crippen molar-refractivity contribution in [2.24, 2.45) is 0 Å². The van der Waals surface area contributed by atoms with Crippen LogP contribution in [0, 0.1) is 6.92 Å². The molecular weight excluding hydrogens is 302 g/mol. The van der Waals surface area contributed by atoms with Gasteiger partial charge in [0.1, 0.15) is 4.88 Å². The molecule has 0 N–H and O–H groups in total. The summed E-state index contributed by atoms with van der Waals surface area (Å²) in [5, 5.41) is 0.909. The summed E-state index contributed by atoms with van der Waals surface area (Å²) in [6.07, 6.45) is 3.33. The minimum Gasteiger partial charge on any atom is -0.481 e. The topological polar surface area (TPSA) is 71.5 Å². The predicted octanol–water partition coefficient (Wildman–Crippen LogP) is 1.21. The van der Waals surface area contributed by atoms with E-state index < -0.39 is 0 Å². The van der Waals surface area contributed by atoms with Crippen LogP contribution in [-0.2, 0) is 0 Å². The van der Waals surface area contributed by atoms with Crippen molar-refractivity contribution in [2.45, 2.75) is 6.92 Å². The highest BCUT2D eigenvalue weighted by atomic mass is 32.1. The first-order valence-electron chi connectivity index (χ1n) is 7.01. The third kappa shape index (κ3) is 3.01. The Bertz CT molecular complexity index is 667. The monoisotopic (exact) mass is 319 g/mol. The molecule has 0 atom stereocenters. The van der Waals surface area contributed by atoms with Gasteiger partial charge in [0.25, 0.3) is 5.91 Å². The van der Waals surface area contributed by atoms with Gasteiger partial charge in [-0.2, -0.15) is 4.98 Å². The average molecular weight is 319 g/mol. The largest absolute Gasteiger partial charge is 0.481 e. The maximum absolute atomic E-state index is 12.4. The number of carbonyl (C=O) groups excluding carboxylic acids is 1. The second kappa shape index (κ2) is 6.27. The van der Waals surface area contributed by atoms with Gasteiger partial charge in [-0.1, -0.05) is 0 Å². The number of nitrogens with zero attached hydrogens (tertiary/aromatic N) is 5. The van der Waals surface area contributed by atoms with E-state index in [2.05, 4.69) is 19.9 Å². The first-order valence-corrected chi connectivity index (χ1v) is 7.82. The first kappa shape index (κ1) is 14.7. The maximum atomic E-state index is 12.4. The molecule has 0 radical (unpaired) electrons. The van der Waals surface area contributed by atoms with Crippen LogP contribution < -0.4 is 9.64 Å². The molecule has 116 valence electrons. The number of methoxy groups -OCH3 is 1. The Kier molecular flexibility index (Phi) is 4.19. The molecule has 0 unspecified atom stereocenters. The van der Waals surface area contributed by atoms with Crippen molar-refractivity contribution in [1.29, 1.82) is 0 Å². The SMILES string of the molecule is COc1ccnc(N2CCN(C(=O)c3cnc(C)s3)CC2)n1. The summed E-state index contributed by atoms with van der Waals surface area (Å²) < 4.78 is 5.12. The van der Waals surface area contributed by atoms with Crippen molar-refractivity contribution in [1.82, 2.24) is 19.9 Å². The Morgan fingerprint density at radius 1 is 1.27 bits per heavy atom. The van der Waals surface area contributed by atoms with E-state index in [0.717, 1.165) is 5.01 Å². The lowest BCUT2D eigenvalue weighted by Crippen LogP contribution is -2.49. The van der Waals surface area contributed by atoms with Gasteiger partial charge in [0, 0.05) is 38.4 Å². The number of amides is 1. The van der Waals surface area contributed by atoms with E-state index in [0.29, 0.717) is 42.9 Å². The second-order valence-electron chi connectivity index (χ2n) is 4.92. The van der Waals surface area contributed by atoms with Crippen LogP contribution in [0.2, 0.25) is 0 Å². The van der Waals surface area contributed by atoms with Crippen LogP contribution >= 0.6 is 11.3 Å². The molecule has 3 heterocycles. The van der Waals surface area contributed by atoms with E-state index in [-0.39, 0.29) is 5.91 Å². The summed E-state index contributed by atoms with van der Waals surface area (Å²) in [5.41, 5.74) is 0. The molecule has 1 fully saturated rings. The van der Waals surface area contributed by atoms with Crippen LogP contribution in [0.15, 0.2) is 18.5 Å². The number of aryl methyl sites for hydroxylation is 1. The van der Waals surface area contributed by atoms with Gasteiger partial charge in [-0.05, 0) is 6.92 Å². The van der Waals surface area contributed by atoms with E-state index in [4.69, 9.17) is 4.74 Å². The Labute approximate surface area is 132 Å². The number of anilines is 1. The van der Waals surface area contributed by atoms with E-state index in [9.17, 15) is 4.79 Å². The number of ether oxygens (including phenoxy) is 1. The molecule has 2 aromatic heterocycles. The van der Waals surface area contributed by atoms with E-state index >= 15 is 0 Å². The van der Waals surface area contributed by atoms with Crippen LogP contribution in [0.4, 0.5) is 5.95 Å². The third-order valence-electron chi connectivity index (χ3n) is 3.51. The average Bonchev–Trinajstić information content (AvgIpc) is 3.01. The highest BCUT2D eigenvalue weighted by Crippen LogP contribution is 2.18. The Balaban J connectivity index is 1.63. The molecule has 2 aromatic rings. The van der Waals surface area contributed by atoms with Crippen LogP contribution in [0.1, 0.15) is 14.7 Å². The molecule has 1 amide bonds.